The number of nitriles is 1. The van der Waals surface area contributed by atoms with E-state index in [1.807, 2.05) is 0 Å². The summed E-state index contributed by atoms with van der Waals surface area (Å²) in [6.07, 6.45) is 7.27. The largest absolute Gasteiger partial charge is 0.391 e. The lowest BCUT2D eigenvalue weighted by molar-refractivity contribution is -0.0439. The summed E-state index contributed by atoms with van der Waals surface area (Å²) < 4.78 is 0. The van der Waals surface area contributed by atoms with Crippen molar-refractivity contribution in [3.05, 3.63) is 0 Å². The molecule has 2 aliphatic carbocycles. The van der Waals surface area contributed by atoms with E-state index in [9.17, 15) is 10.4 Å². The Morgan fingerprint density at radius 1 is 1.27 bits per heavy atom. The first-order valence-corrected chi connectivity index (χ1v) is 6.27. The Bertz CT molecular complexity index is 256. The topological polar surface area (TPSA) is 44.0 Å². The van der Waals surface area contributed by atoms with Gasteiger partial charge in [-0.3, -0.25) is 0 Å². The maximum absolute atomic E-state index is 10.3. The highest BCUT2D eigenvalue weighted by Crippen LogP contribution is 2.48. The molecule has 0 spiro atoms. The van der Waals surface area contributed by atoms with Crippen LogP contribution in [0, 0.1) is 28.6 Å². The van der Waals surface area contributed by atoms with Gasteiger partial charge in [0.05, 0.1) is 17.6 Å². The number of aliphatic hydroxyl groups is 1. The zero-order chi connectivity index (χ0) is 10.9. The summed E-state index contributed by atoms with van der Waals surface area (Å²) in [5.41, 5.74) is -0.370. The molecule has 1 atom stereocenters. The molecule has 2 fully saturated rings. The number of hydrogen-bond donors (Lipinski definition) is 1. The van der Waals surface area contributed by atoms with E-state index >= 15 is 0 Å². The lowest BCUT2D eigenvalue weighted by Gasteiger charge is -2.44. The molecule has 84 valence electrons. The molecule has 0 radical (unpaired) electrons. The van der Waals surface area contributed by atoms with Crippen LogP contribution in [0.3, 0.4) is 0 Å². The van der Waals surface area contributed by atoms with Gasteiger partial charge in [-0.2, -0.15) is 5.26 Å². The van der Waals surface area contributed by atoms with Crippen LogP contribution in [-0.2, 0) is 0 Å². The Morgan fingerprint density at radius 3 is 2.27 bits per heavy atom. The fraction of sp³-hybridized carbons (Fsp3) is 0.923. The van der Waals surface area contributed by atoms with Crippen molar-refractivity contribution >= 4 is 0 Å². The minimum Gasteiger partial charge on any atom is -0.391 e. The summed E-state index contributed by atoms with van der Waals surface area (Å²) >= 11 is 0. The summed E-state index contributed by atoms with van der Waals surface area (Å²) in [5.74, 6) is 1.20. The van der Waals surface area contributed by atoms with Crippen molar-refractivity contribution in [1.29, 1.82) is 5.26 Å². The zero-order valence-corrected chi connectivity index (χ0v) is 9.58. The highest BCUT2D eigenvalue weighted by molar-refractivity contribution is 5.10. The lowest BCUT2D eigenvalue weighted by atomic mass is 9.61. The van der Waals surface area contributed by atoms with Crippen molar-refractivity contribution in [3.8, 4) is 6.07 Å². The average Bonchev–Trinajstić information content (AvgIpc) is 2.18. The van der Waals surface area contributed by atoms with Crippen LogP contribution in [0.5, 0.6) is 0 Å². The molecular weight excluding hydrogens is 186 g/mol. The highest BCUT2D eigenvalue weighted by Gasteiger charge is 2.47. The fourth-order valence-electron chi connectivity index (χ4n) is 3.08. The third-order valence-electron chi connectivity index (χ3n) is 4.54. The van der Waals surface area contributed by atoms with Gasteiger partial charge in [0.25, 0.3) is 0 Å². The molecule has 0 aromatic carbocycles. The van der Waals surface area contributed by atoms with Gasteiger partial charge in [0, 0.05) is 0 Å². The Balaban J connectivity index is 1.96. The molecule has 1 unspecified atom stereocenters. The van der Waals surface area contributed by atoms with Crippen molar-refractivity contribution in [2.24, 2.45) is 17.3 Å². The molecule has 1 N–H and O–H groups in total. The predicted molar refractivity (Wildman–Crippen MR) is 59.0 cm³/mol. The molecule has 0 amide bonds. The quantitative estimate of drug-likeness (QED) is 0.756. The van der Waals surface area contributed by atoms with Crippen LogP contribution in [0.25, 0.3) is 0 Å². The van der Waals surface area contributed by atoms with Gasteiger partial charge in [-0.05, 0) is 37.5 Å². The van der Waals surface area contributed by atoms with Crippen LogP contribution in [-0.4, -0.2) is 11.2 Å². The molecule has 0 bridgehead atoms. The van der Waals surface area contributed by atoms with Gasteiger partial charge >= 0.3 is 0 Å². The third kappa shape index (κ3) is 1.90. The Labute approximate surface area is 92.3 Å². The van der Waals surface area contributed by atoms with Gasteiger partial charge in [-0.25, -0.2) is 0 Å². The van der Waals surface area contributed by atoms with Crippen LogP contribution in [0.15, 0.2) is 0 Å². The second-order valence-electron chi connectivity index (χ2n) is 5.59. The second kappa shape index (κ2) is 4.14. The average molecular weight is 207 g/mol. The van der Waals surface area contributed by atoms with E-state index in [2.05, 4.69) is 13.0 Å². The van der Waals surface area contributed by atoms with Gasteiger partial charge in [-0.15, -0.1) is 0 Å². The van der Waals surface area contributed by atoms with E-state index in [0.29, 0.717) is 5.92 Å². The van der Waals surface area contributed by atoms with Gasteiger partial charge in [0.15, 0.2) is 0 Å². The molecular formula is C13H21NO. The molecule has 0 aromatic rings. The normalized spacial score (nSPS) is 36.3. The van der Waals surface area contributed by atoms with E-state index in [1.54, 1.807) is 0 Å². The summed E-state index contributed by atoms with van der Waals surface area (Å²) in [5, 5.41) is 19.5. The minimum atomic E-state index is -0.370. The van der Waals surface area contributed by atoms with E-state index in [0.717, 1.165) is 38.0 Å². The van der Waals surface area contributed by atoms with Gasteiger partial charge in [0.2, 0.25) is 0 Å². The maximum Gasteiger partial charge on any atom is 0.0835 e. The second-order valence-corrected chi connectivity index (χ2v) is 5.59. The van der Waals surface area contributed by atoms with E-state index in [-0.39, 0.29) is 11.5 Å². The molecule has 0 aliphatic heterocycles. The summed E-state index contributed by atoms with van der Waals surface area (Å²) in [6.45, 7) is 2.28. The zero-order valence-electron chi connectivity index (χ0n) is 9.58. The molecule has 0 aromatic heterocycles. The number of hydrogen-bond acceptors (Lipinski definition) is 2. The monoisotopic (exact) mass is 207 g/mol. The summed E-state index contributed by atoms with van der Waals surface area (Å²) in [6, 6.07) is 2.37. The van der Waals surface area contributed by atoms with Crippen LogP contribution in [0.2, 0.25) is 0 Å². The number of rotatable bonds is 2. The Kier molecular flexibility index (Phi) is 3.02. The first kappa shape index (κ1) is 11.0. The smallest absolute Gasteiger partial charge is 0.0835 e. The van der Waals surface area contributed by atoms with E-state index in [1.165, 1.54) is 12.8 Å². The Hall–Kier alpha value is -0.550. The van der Waals surface area contributed by atoms with Crippen molar-refractivity contribution in [1.82, 2.24) is 0 Å². The predicted octanol–water partition coefficient (Wildman–Crippen LogP) is 2.87. The van der Waals surface area contributed by atoms with Crippen molar-refractivity contribution in [3.63, 3.8) is 0 Å². The number of nitrogens with zero attached hydrogens (tertiary/aromatic N) is 1. The molecule has 2 aliphatic rings. The molecule has 0 saturated heterocycles. The minimum absolute atomic E-state index is 0.358. The molecule has 2 saturated carbocycles. The molecule has 2 heteroatoms. The lowest BCUT2D eigenvalue weighted by Crippen LogP contribution is -2.45. The molecule has 0 heterocycles. The van der Waals surface area contributed by atoms with Gasteiger partial charge in [0.1, 0.15) is 0 Å². The van der Waals surface area contributed by atoms with Crippen LogP contribution in [0.4, 0.5) is 0 Å². The Morgan fingerprint density at radius 2 is 1.87 bits per heavy atom. The first-order chi connectivity index (χ1) is 7.18. The summed E-state index contributed by atoms with van der Waals surface area (Å²) in [4.78, 5) is 0. The number of aliphatic hydroxyl groups excluding tert-OH is 1. The van der Waals surface area contributed by atoms with Crippen molar-refractivity contribution in [2.75, 3.05) is 0 Å². The van der Waals surface area contributed by atoms with Crippen molar-refractivity contribution in [2.45, 2.75) is 58.0 Å². The van der Waals surface area contributed by atoms with E-state index < -0.39 is 0 Å². The molecule has 2 rings (SSSR count). The first-order valence-electron chi connectivity index (χ1n) is 6.27. The highest BCUT2D eigenvalue weighted by atomic mass is 16.3. The molecule has 15 heavy (non-hydrogen) atoms. The van der Waals surface area contributed by atoms with Gasteiger partial charge < -0.3 is 5.11 Å². The maximum atomic E-state index is 10.3. The standard InChI is InChI=1S/C13H21NO/c1-10-3-5-11(6-4-10)12(15)13(9-14)7-2-8-13/h10-12,15H,2-8H2,1H3. The van der Waals surface area contributed by atoms with Gasteiger partial charge in [-0.1, -0.05) is 26.2 Å². The van der Waals surface area contributed by atoms with E-state index in [4.69, 9.17) is 0 Å². The van der Waals surface area contributed by atoms with Crippen molar-refractivity contribution < 1.29 is 5.11 Å². The fourth-order valence-corrected chi connectivity index (χ4v) is 3.08. The van der Waals surface area contributed by atoms with Crippen LogP contribution in [0.1, 0.15) is 51.9 Å². The van der Waals surface area contributed by atoms with Crippen LogP contribution >= 0.6 is 0 Å². The molecule has 2 nitrogen and oxygen atoms in total. The SMILES string of the molecule is CC1CCC(C(O)C2(C#N)CCC2)CC1. The van der Waals surface area contributed by atoms with Crippen LogP contribution < -0.4 is 0 Å². The summed E-state index contributed by atoms with van der Waals surface area (Å²) in [7, 11) is 0. The third-order valence-corrected chi connectivity index (χ3v) is 4.54.